The molecule has 22 N–H and O–H groups in total. The molecule has 4 rings (SSSR count). The first-order valence-electron chi connectivity index (χ1n) is 12.8. The van der Waals surface area contributed by atoms with Crippen molar-refractivity contribution in [3.05, 3.63) is 55.8 Å². The van der Waals surface area contributed by atoms with E-state index in [1.807, 2.05) is 4.98 Å². The van der Waals surface area contributed by atoms with Gasteiger partial charge in [0, 0.05) is 24.9 Å². The number of aliphatic hydroxyl groups excluding tert-OH is 3. The van der Waals surface area contributed by atoms with E-state index in [4.69, 9.17) is 15.2 Å². The number of aromatic amines is 1. The number of quaternary nitrogens is 4. The van der Waals surface area contributed by atoms with Crippen molar-refractivity contribution in [1.29, 1.82) is 0 Å². The fourth-order valence-electron chi connectivity index (χ4n) is 4.18. The second kappa shape index (κ2) is 18.7. The molecule has 0 amide bonds. The Kier molecular flexibility index (Phi) is 17.9. The number of hydrogen-bond acceptors (Lipinski definition) is 23. The summed E-state index contributed by atoms with van der Waals surface area (Å²) in [6, 6.07) is 2.07. The topological polar surface area (TPSA) is 548 Å². The second-order valence-corrected chi connectivity index (χ2v) is 15.7. The van der Waals surface area contributed by atoms with Crippen LogP contribution in [0.1, 0.15) is 18.9 Å². The van der Waals surface area contributed by atoms with Gasteiger partial charge in [-0.15, -0.1) is 0 Å². The molecule has 2 aliphatic heterocycles. The average molecular weight is 841 g/mol. The molecule has 11 atom stereocenters. The number of nitrogens with zero attached hydrogens (tertiary/aromatic N) is 3. The standard InChI is InChI=1S/C18H27N5O21P4.4H3N/c19-11-1-3-22(17(28)20-11)13-5-8(24)9(40-13)6-38-45(30,31)42-47(34,35)44-48(36,37)43-46(32,33)39-7-10-14(26)15(27)16(41-10)23-4-2-12(25)21-18(23)29;;;;/h1-4,8-10,13-16,24,26-27H,5-7H2,(H,30,31)(H,32,33)(H,34,35)(H,36,37)(H2,19,20,28)(H,21,25,29);4*1H3/t8-,9+,10+,13+,14+,15+,16+;;;;/m0..../s1. The van der Waals surface area contributed by atoms with Crippen LogP contribution in [-0.4, -0.2) is 78.2 Å². The molecular weight excluding hydrogens is 802 g/mol. The SMILES string of the molecule is Nc1ccn([C@H]2C[C@H](O)[C@@H](COP(=O)([O-])OP(=O)([O-])OP(=O)([O-])OP(=O)([O-])OC[C@H]3O[C@@H](n4ccc(=O)[nH]c4=O)[C@H](O)[C@@H]3O)O2)c(=O)n1.[NH4+].[NH4+].[NH4+].[NH4+]. The smallest absolute Gasteiger partial charge is 0.351 e. The van der Waals surface area contributed by atoms with Crippen LogP contribution in [-0.2, 0) is 49.7 Å². The normalized spacial score (nSPS) is 28.6. The molecule has 52 heavy (non-hydrogen) atoms. The summed E-state index contributed by atoms with van der Waals surface area (Å²) in [6.07, 6.45) is -9.78. The van der Waals surface area contributed by atoms with E-state index in [0.717, 1.165) is 16.8 Å². The van der Waals surface area contributed by atoms with E-state index in [9.17, 15) is 67.5 Å². The Balaban J connectivity index is 0.00000650. The highest BCUT2D eigenvalue weighted by molar-refractivity contribution is 7.68. The van der Waals surface area contributed by atoms with Gasteiger partial charge in [-0.2, -0.15) is 4.98 Å². The summed E-state index contributed by atoms with van der Waals surface area (Å²) in [7, 11) is -25.4. The van der Waals surface area contributed by atoms with Gasteiger partial charge in [0.25, 0.3) is 36.9 Å². The van der Waals surface area contributed by atoms with E-state index in [-0.39, 0.29) is 36.8 Å². The summed E-state index contributed by atoms with van der Waals surface area (Å²) in [5.74, 6) is -0.125. The fourth-order valence-corrected chi connectivity index (χ4v) is 8.93. The zero-order valence-electron chi connectivity index (χ0n) is 27.4. The minimum atomic E-state index is -6.59. The van der Waals surface area contributed by atoms with Crippen molar-refractivity contribution in [2.45, 2.75) is 49.4 Å². The summed E-state index contributed by atoms with van der Waals surface area (Å²) < 4.78 is 79.0. The van der Waals surface area contributed by atoms with Crippen molar-refractivity contribution in [3.8, 4) is 0 Å². The van der Waals surface area contributed by atoms with Crippen LogP contribution >= 0.6 is 31.3 Å². The van der Waals surface area contributed by atoms with Gasteiger partial charge in [0.1, 0.15) is 36.5 Å². The van der Waals surface area contributed by atoms with E-state index in [1.54, 1.807) is 0 Å². The molecule has 0 bridgehead atoms. The molecule has 2 fully saturated rings. The van der Waals surface area contributed by atoms with Crippen molar-refractivity contribution in [2.75, 3.05) is 18.9 Å². The Hall–Kier alpha value is -2.44. The molecule has 0 spiro atoms. The minimum Gasteiger partial charge on any atom is -0.756 e. The largest absolute Gasteiger partial charge is 0.756 e. The molecule has 4 heterocycles. The highest BCUT2D eigenvalue weighted by atomic mass is 31.3. The van der Waals surface area contributed by atoms with Gasteiger partial charge >= 0.3 is 11.4 Å². The average Bonchev–Trinajstić information content (AvgIpc) is 3.42. The van der Waals surface area contributed by atoms with Gasteiger partial charge in [0.05, 0.1) is 19.3 Å². The van der Waals surface area contributed by atoms with E-state index in [1.165, 1.54) is 12.3 Å². The molecule has 0 saturated carbocycles. The Bertz CT molecular complexity index is 1880. The molecule has 2 aromatic heterocycles. The molecule has 0 aromatic carbocycles. The fraction of sp³-hybridized carbons (Fsp3) is 0.556. The van der Waals surface area contributed by atoms with Gasteiger partial charge in [0.15, 0.2) is 6.23 Å². The van der Waals surface area contributed by atoms with Crippen LogP contribution in [0.4, 0.5) is 5.82 Å². The molecule has 302 valence electrons. The molecule has 30 nitrogen and oxygen atoms in total. The van der Waals surface area contributed by atoms with Gasteiger partial charge in [0.2, 0.25) is 0 Å². The summed E-state index contributed by atoms with van der Waals surface area (Å²) >= 11 is 0. The lowest BCUT2D eigenvalue weighted by Gasteiger charge is -2.36. The highest BCUT2D eigenvalue weighted by Crippen LogP contribution is 2.66. The van der Waals surface area contributed by atoms with Crippen LogP contribution in [0.2, 0.25) is 0 Å². The van der Waals surface area contributed by atoms with Gasteiger partial charge < -0.3 is 83.8 Å². The molecular formula is C18H39N9O21P4. The number of aromatic nitrogens is 4. The predicted octanol–water partition coefficient (Wildman–Crippen LogP) is -3.90. The lowest BCUT2D eigenvalue weighted by atomic mass is 10.1. The van der Waals surface area contributed by atoms with E-state index < -0.39 is 104 Å². The van der Waals surface area contributed by atoms with Crippen LogP contribution in [0.15, 0.2) is 38.9 Å². The maximum absolute atomic E-state index is 12.0. The Morgan fingerprint density at radius 2 is 1.29 bits per heavy atom. The molecule has 2 aromatic rings. The molecule has 34 heteroatoms. The third kappa shape index (κ3) is 12.9. The quantitative estimate of drug-likeness (QED) is 0.0821. The Labute approximate surface area is 289 Å². The van der Waals surface area contributed by atoms with Crippen LogP contribution in [0.5, 0.6) is 0 Å². The van der Waals surface area contributed by atoms with Gasteiger partial charge in [-0.05, 0) is 6.07 Å². The molecule has 0 radical (unpaired) electrons. The third-order valence-corrected chi connectivity index (χ3v) is 12.0. The number of ether oxygens (including phenoxy) is 2. The Morgan fingerprint density at radius 3 is 1.81 bits per heavy atom. The lowest BCUT2D eigenvalue weighted by Crippen LogP contribution is -2.37. The number of nitrogens with one attached hydrogen (secondary N) is 1. The van der Waals surface area contributed by atoms with Crippen LogP contribution in [0, 0.1) is 0 Å². The number of aliphatic hydroxyl groups is 3. The number of rotatable bonds is 14. The highest BCUT2D eigenvalue weighted by Gasteiger charge is 2.45. The van der Waals surface area contributed by atoms with Crippen molar-refractivity contribution < 1.29 is 84.6 Å². The van der Waals surface area contributed by atoms with Crippen molar-refractivity contribution >= 4 is 37.1 Å². The number of nitrogens with two attached hydrogens (primary N) is 1. The maximum Gasteiger partial charge on any atom is 0.351 e. The minimum absolute atomic E-state index is 0. The van der Waals surface area contributed by atoms with E-state index in [0.29, 0.717) is 4.57 Å². The van der Waals surface area contributed by atoms with Crippen LogP contribution in [0.3, 0.4) is 0 Å². The van der Waals surface area contributed by atoms with Gasteiger partial charge in [-0.1, -0.05) is 0 Å². The molecule has 4 unspecified atom stereocenters. The zero-order valence-corrected chi connectivity index (χ0v) is 30.9. The third-order valence-electron chi connectivity index (χ3n) is 6.22. The number of phosphoric ester groups is 2. The number of anilines is 1. The summed E-state index contributed by atoms with van der Waals surface area (Å²) in [5, 5.41) is 30.4. The van der Waals surface area contributed by atoms with Crippen molar-refractivity contribution in [2.24, 2.45) is 0 Å². The lowest BCUT2D eigenvalue weighted by molar-refractivity contribution is -0.255. The first kappa shape index (κ1) is 49.6. The number of phosphoric acid groups is 4. The zero-order chi connectivity index (χ0) is 35.8. The monoisotopic (exact) mass is 841 g/mol. The summed E-state index contributed by atoms with van der Waals surface area (Å²) in [4.78, 5) is 88.4. The summed E-state index contributed by atoms with van der Waals surface area (Å²) in [5.41, 5.74) is 2.58. The van der Waals surface area contributed by atoms with E-state index >= 15 is 0 Å². The van der Waals surface area contributed by atoms with E-state index in [2.05, 4.69) is 27.0 Å². The number of H-pyrrole nitrogens is 1. The summed E-state index contributed by atoms with van der Waals surface area (Å²) in [6.45, 7) is -2.44. The first-order chi connectivity index (χ1) is 22.1. The van der Waals surface area contributed by atoms with Gasteiger partial charge in [-0.25, -0.2) is 22.5 Å². The van der Waals surface area contributed by atoms with Crippen LogP contribution in [0.25, 0.3) is 0 Å². The van der Waals surface area contributed by atoms with Gasteiger partial charge in [-0.3, -0.25) is 37.2 Å². The molecule has 2 saturated heterocycles. The Morgan fingerprint density at radius 1 is 0.788 bits per heavy atom. The number of nitrogen functional groups attached to an aromatic ring is 1. The van der Waals surface area contributed by atoms with Crippen molar-refractivity contribution in [3.63, 3.8) is 0 Å². The molecule has 0 aliphatic carbocycles. The first-order valence-corrected chi connectivity index (χ1v) is 18.6. The maximum atomic E-state index is 12.0. The van der Waals surface area contributed by atoms with Crippen LogP contribution < -0.4 is 66.8 Å². The predicted molar refractivity (Wildman–Crippen MR) is 164 cm³/mol. The second-order valence-electron chi connectivity index (χ2n) is 9.66. The number of hydrogen-bond donors (Lipinski definition) is 9. The molecule has 2 aliphatic rings. The van der Waals surface area contributed by atoms with Crippen molar-refractivity contribution in [1.82, 2.24) is 43.7 Å².